The number of hydrogen-bond acceptors (Lipinski definition) is 6. The van der Waals surface area contributed by atoms with Crippen molar-refractivity contribution in [2.24, 2.45) is 0 Å². The molecule has 9 nitrogen and oxygen atoms in total. The average molecular weight is 415 g/mol. The number of aryl methyl sites for hydroxylation is 1. The summed E-state index contributed by atoms with van der Waals surface area (Å²) in [6, 6.07) is 6.68. The minimum Gasteiger partial charge on any atom is -0.496 e. The number of para-hydroxylation sites is 1. The van der Waals surface area contributed by atoms with E-state index < -0.39 is 6.04 Å². The van der Waals surface area contributed by atoms with Crippen LogP contribution in [0.2, 0.25) is 0 Å². The molecule has 160 valence electrons. The molecule has 0 unspecified atom stereocenters. The Kier molecular flexibility index (Phi) is 6.39. The van der Waals surface area contributed by atoms with Crippen LogP contribution in [-0.2, 0) is 20.9 Å². The van der Waals surface area contributed by atoms with Crippen LogP contribution in [0.1, 0.15) is 31.2 Å². The van der Waals surface area contributed by atoms with Crippen molar-refractivity contribution in [1.29, 1.82) is 0 Å². The number of rotatable bonds is 4. The maximum atomic E-state index is 12.9. The first-order valence-electron chi connectivity index (χ1n) is 9.71. The Balaban J connectivity index is 0.000000806. The molecule has 2 aliphatic rings. The molecule has 2 aliphatic heterocycles. The van der Waals surface area contributed by atoms with Gasteiger partial charge in [-0.1, -0.05) is 12.1 Å². The summed E-state index contributed by atoms with van der Waals surface area (Å²) in [5.41, 5.74) is 1.42. The molecule has 0 aliphatic carbocycles. The summed E-state index contributed by atoms with van der Waals surface area (Å²) in [5.74, 6) is 1.77. The largest absolute Gasteiger partial charge is 0.496 e. The Morgan fingerprint density at radius 1 is 1.30 bits per heavy atom. The van der Waals surface area contributed by atoms with E-state index >= 15 is 0 Å². The monoisotopic (exact) mass is 415 g/mol. The second kappa shape index (κ2) is 8.98. The van der Waals surface area contributed by atoms with Gasteiger partial charge in [-0.25, -0.2) is 4.98 Å². The number of oxazole rings is 1. The molecule has 0 bridgehead atoms. The van der Waals surface area contributed by atoms with Crippen LogP contribution in [0, 0.1) is 6.92 Å². The summed E-state index contributed by atoms with van der Waals surface area (Å²) in [6.45, 7) is 4.30. The third-order valence-corrected chi connectivity index (χ3v) is 5.48. The van der Waals surface area contributed by atoms with Crippen molar-refractivity contribution in [3.05, 3.63) is 35.7 Å². The maximum Gasteiger partial charge on any atom is 0.290 e. The molecule has 0 spiro atoms. The first-order valence-corrected chi connectivity index (χ1v) is 9.71. The number of aromatic nitrogens is 1. The zero-order valence-corrected chi connectivity index (χ0v) is 17.2. The SMILES string of the molecule is COc1ccccc1-c1nc(CN2C(=O)[C@H]3CCCN3C(=O)[C@@H]2C)c(C)o1.O=CO. The number of fused-ring (bicyclic) bond motifs is 1. The van der Waals surface area contributed by atoms with Gasteiger partial charge in [-0.15, -0.1) is 0 Å². The van der Waals surface area contributed by atoms with Crippen LogP contribution in [0.25, 0.3) is 11.5 Å². The topological polar surface area (TPSA) is 113 Å². The first-order chi connectivity index (χ1) is 14.4. The molecular weight excluding hydrogens is 390 g/mol. The average Bonchev–Trinajstić information content (AvgIpc) is 3.37. The fraction of sp³-hybridized carbons (Fsp3) is 0.429. The van der Waals surface area contributed by atoms with Crippen molar-refractivity contribution in [2.45, 2.75) is 45.3 Å². The fourth-order valence-corrected chi connectivity index (χ4v) is 3.93. The molecule has 0 radical (unpaired) electrons. The summed E-state index contributed by atoms with van der Waals surface area (Å²) in [7, 11) is 1.60. The summed E-state index contributed by atoms with van der Waals surface area (Å²) < 4.78 is 11.2. The fourth-order valence-electron chi connectivity index (χ4n) is 3.93. The van der Waals surface area contributed by atoms with Gasteiger partial charge in [0.15, 0.2) is 0 Å². The molecule has 1 aromatic carbocycles. The van der Waals surface area contributed by atoms with Crippen LogP contribution >= 0.6 is 0 Å². The molecule has 2 atom stereocenters. The Morgan fingerprint density at radius 2 is 2.00 bits per heavy atom. The number of ether oxygens (including phenoxy) is 1. The number of hydrogen-bond donors (Lipinski definition) is 1. The minimum atomic E-state index is -0.488. The number of methoxy groups -OCH3 is 1. The molecule has 1 aromatic heterocycles. The third kappa shape index (κ3) is 3.87. The Labute approximate surface area is 174 Å². The van der Waals surface area contributed by atoms with E-state index in [1.54, 1.807) is 23.8 Å². The van der Waals surface area contributed by atoms with E-state index in [9.17, 15) is 9.59 Å². The summed E-state index contributed by atoms with van der Waals surface area (Å²) in [5, 5.41) is 6.89. The van der Waals surface area contributed by atoms with Gasteiger partial charge in [-0.3, -0.25) is 14.4 Å². The van der Waals surface area contributed by atoms with E-state index in [0.29, 0.717) is 29.6 Å². The minimum absolute atomic E-state index is 0.000779. The van der Waals surface area contributed by atoms with E-state index in [0.717, 1.165) is 18.4 Å². The summed E-state index contributed by atoms with van der Waals surface area (Å²) >= 11 is 0. The van der Waals surface area contributed by atoms with Gasteiger partial charge in [0.1, 0.15) is 29.3 Å². The van der Waals surface area contributed by atoms with Gasteiger partial charge in [-0.05, 0) is 38.8 Å². The van der Waals surface area contributed by atoms with Crippen molar-refractivity contribution < 1.29 is 28.6 Å². The quantitative estimate of drug-likeness (QED) is 0.761. The lowest BCUT2D eigenvalue weighted by molar-refractivity contribution is -0.159. The molecule has 1 N–H and O–H groups in total. The van der Waals surface area contributed by atoms with Crippen molar-refractivity contribution in [1.82, 2.24) is 14.8 Å². The van der Waals surface area contributed by atoms with Crippen LogP contribution in [0.4, 0.5) is 0 Å². The van der Waals surface area contributed by atoms with E-state index in [1.165, 1.54) is 0 Å². The number of benzene rings is 1. The first kappa shape index (κ1) is 21.4. The Bertz CT molecular complexity index is 941. The zero-order chi connectivity index (χ0) is 21.8. The lowest BCUT2D eigenvalue weighted by atomic mass is 10.1. The highest BCUT2D eigenvalue weighted by Crippen LogP contribution is 2.32. The molecule has 30 heavy (non-hydrogen) atoms. The van der Waals surface area contributed by atoms with Crippen LogP contribution in [-0.4, -0.2) is 63.9 Å². The molecule has 4 rings (SSSR count). The van der Waals surface area contributed by atoms with Crippen LogP contribution < -0.4 is 4.74 Å². The van der Waals surface area contributed by atoms with Crippen molar-refractivity contribution in [2.75, 3.05) is 13.7 Å². The number of piperazine rings is 1. The van der Waals surface area contributed by atoms with Gasteiger partial charge in [0, 0.05) is 6.54 Å². The number of carbonyl (C=O) groups is 3. The molecule has 2 amide bonds. The number of carbonyl (C=O) groups excluding carboxylic acids is 2. The second-order valence-electron chi connectivity index (χ2n) is 7.16. The predicted molar refractivity (Wildman–Crippen MR) is 107 cm³/mol. The van der Waals surface area contributed by atoms with Gasteiger partial charge in [0.05, 0.1) is 19.2 Å². The molecule has 2 saturated heterocycles. The lowest BCUT2D eigenvalue weighted by Gasteiger charge is -2.40. The van der Waals surface area contributed by atoms with Gasteiger partial charge in [0.25, 0.3) is 6.47 Å². The second-order valence-corrected chi connectivity index (χ2v) is 7.16. The van der Waals surface area contributed by atoms with E-state index in [2.05, 4.69) is 4.98 Å². The smallest absolute Gasteiger partial charge is 0.290 e. The highest BCUT2D eigenvalue weighted by atomic mass is 16.5. The van der Waals surface area contributed by atoms with E-state index in [4.69, 9.17) is 19.1 Å². The maximum absolute atomic E-state index is 12.9. The van der Waals surface area contributed by atoms with Crippen molar-refractivity contribution in [3.63, 3.8) is 0 Å². The highest BCUT2D eigenvalue weighted by molar-refractivity contribution is 5.97. The molecular formula is C21H25N3O6. The zero-order valence-electron chi connectivity index (χ0n) is 17.2. The van der Waals surface area contributed by atoms with Gasteiger partial charge in [-0.2, -0.15) is 0 Å². The molecule has 2 fully saturated rings. The van der Waals surface area contributed by atoms with Crippen LogP contribution in [0.3, 0.4) is 0 Å². The number of nitrogens with zero attached hydrogens (tertiary/aromatic N) is 3. The van der Waals surface area contributed by atoms with Gasteiger partial charge in [0.2, 0.25) is 17.7 Å². The Morgan fingerprint density at radius 3 is 2.70 bits per heavy atom. The standard InChI is InChI=1S/C20H23N3O4.CH2O2/c1-12-19(24)22-10-6-8-16(22)20(25)23(12)11-15-13(2)27-18(21-15)14-7-4-5-9-17(14)26-3;2-1-3/h4-5,7,9,12,16H,6,8,10-11H2,1-3H3;1H,(H,2,3)/t12-,16+;/m0./s1. The van der Waals surface area contributed by atoms with Crippen molar-refractivity contribution >= 4 is 18.3 Å². The molecule has 9 heteroatoms. The molecule has 2 aromatic rings. The van der Waals surface area contributed by atoms with Crippen LogP contribution in [0.5, 0.6) is 5.75 Å². The molecule has 3 heterocycles. The Hall–Kier alpha value is -3.36. The van der Waals surface area contributed by atoms with Gasteiger partial charge >= 0.3 is 0 Å². The van der Waals surface area contributed by atoms with E-state index in [-0.39, 0.29) is 30.9 Å². The highest BCUT2D eigenvalue weighted by Gasteiger charge is 2.46. The predicted octanol–water partition coefficient (Wildman–Crippen LogP) is 2.08. The normalized spacial score (nSPS) is 20.5. The number of carboxylic acid groups (broad SMARTS) is 1. The van der Waals surface area contributed by atoms with Gasteiger partial charge < -0.3 is 24.1 Å². The summed E-state index contributed by atoms with van der Waals surface area (Å²) in [6.07, 6.45) is 1.61. The number of amides is 2. The van der Waals surface area contributed by atoms with Crippen molar-refractivity contribution in [3.8, 4) is 17.2 Å². The van der Waals surface area contributed by atoms with Crippen LogP contribution in [0.15, 0.2) is 28.7 Å². The molecule has 0 saturated carbocycles. The third-order valence-electron chi connectivity index (χ3n) is 5.48. The lowest BCUT2D eigenvalue weighted by Crippen LogP contribution is -2.61. The summed E-state index contributed by atoms with van der Waals surface area (Å²) in [4.78, 5) is 41.8. The van der Waals surface area contributed by atoms with E-state index in [1.807, 2.05) is 31.2 Å².